The Hall–Kier alpha value is -3.00. The van der Waals surface area contributed by atoms with Crippen LogP contribution in [0.25, 0.3) is 17.0 Å². The molecule has 0 saturated carbocycles. The number of carbonyl (C=O) groups is 1. The zero-order chi connectivity index (χ0) is 19.5. The fourth-order valence-corrected chi connectivity index (χ4v) is 3.33. The molecule has 0 aliphatic carbocycles. The summed E-state index contributed by atoms with van der Waals surface area (Å²) in [6.45, 7) is 6.47. The molecule has 3 heterocycles. The second-order valence-electron chi connectivity index (χ2n) is 7.17. The average Bonchev–Trinajstić information content (AvgIpc) is 3.21. The minimum atomic E-state index is -0.378. The van der Waals surface area contributed by atoms with Crippen LogP contribution in [-0.4, -0.2) is 62.7 Å². The molecule has 4 rings (SSSR count). The fourth-order valence-electron chi connectivity index (χ4n) is 3.33. The Morgan fingerprint density at radius 2 is 1.93 bits per heavy atom. The first-order chi connectivity index (χ1) is 13.6. The Bertz CT molecular complexity index is 950. The summed E-state index contributed by atoms with van der Waals surface area (Å²) in [5.74, 6) is 1.36. The third-order valence-corrected chi connectivity index (χ3v) is 4.88. The Morgan fingerprint density at radius 1 is 1.18 bits per heavy atom. The molecule has 1 saturated heterocycles. The van der Waals surface area contributed by atoms with Crippen LogP contribution in [0.3, 0.4) is 0 Å². The van der Waals surface area contributed by atoms with Crippen molar-refractivity contribution in [2.75, 3.05) is 31.6 Å². The van der Waals surface area contributed by atoms with Gasteiger partial charge in [-0.1, -0.05) is 44.2 Å². The lowest BCUT2D eigenvalue weighted by Gasteiger charge is -2.32. The second-order valence-corrected chi connectivity index (χ2v) is 7.17. The molecule has 1 aromatic carbocycles. The van der Waals surface area contributed by atoms with Crippen LogP contribution in [0.4, 0.5) is 5.82 Å². The molecule has 0 radical (unpaired) electrons. The normalized spacial score (nSPS) is 15.8. The maximum atomic E-state index is 13.1. The van der Waals surface area contributed by atoms with E-state index in [2.05, 4.69) is 20.4 Å². The number of hydrogen-bond acceptors (Lipinski definition) is 6. The van der Waals surface area contributed by atoms with Crippen LogP contribution in [0.1, 0.15) is 13.8 Å². The summed E-state index contributed by atoms with van der Waals surface area (Å²) in [6, 6.07) is 11.4. The maximum absolute atomic E-state index is 13.1. The van der Waals surface area contributed by atoms with E-state index in [4.69, 9.17) is 4.74 Å². The molecule has 1 aliphatic rings. The van der Waals surface area contributed by atoms with Crippen molar-refractivity contribution in [2.24, 2.45) is 5.92 Å². The molecule has 8 heteroatoms. The third kappa shape index (κ3) is 3.68. The number of fused-ring (bicyclic) bond motifs is 1. The summed E-state index contributed by atoms with van der Waals surface area (Å²) in [7, 11) is 0. The van der Waals surface area contributed by atoms with E-state index < -0.39 is 0 Å². The lowest BCUT2D eigenvalue weighted by Crippen LogP contribution is -2.50. The number of morpholine rings is 1. The van der Waals surface area contributed by atoms with Gasteiger partial charge in [0, 0.05) is 24.7 Å². The summed E-state index contributed by atoms with van der Waals surface area (Å²) < 4.78 is 7.01. The predicted molar refractivity (Wildman–Crippen MR) is 106 cm³/mol. The number of benzene rings is 1. The second kappa shape index (κ2) is 7.93. The van der Waals surface area contributed by atoms with Gasteiger partial charge in [-0.05, 0) is 5.92 Å². The van der Waals surface area contributed by atoms with Crippen LogP contribution >= 0.6 is 0 Å². The molecule has 1 atom stereocenters. The number of rotatable bonds is 5. The minimum absolute atomic E-state index is 0.0737. The van der Waals surface area contributed by atoms with E-state index in [0.717, 1.165) is 11.3 Å². The van der Waals surface area contributed by atoms with Gasteiger partial charge in [0.2, 0.25) is 5.91 Å². The number of ether oxygens (including phenoxy) is 1. The highest BCUT2D eigenvalue weighted by molar-refractivity contribution is 5.85. The molecule has 1 N–H and O–H groups in total. The van der Waals surface area contributed by atoms with Gasteiger partial charge >= 0.3 is 0 Å². The van der Waals surface area contributed by atoms with Crippen molar-refractivity contribution < 1.29 is 9.53 Å². The van der Waals surface area contributed by atoms with Gasteiger partial charge < -0.3 is 15.0 Å². The van der Waals surface area contributed by atoms with Gasteiger partial charge in [0.15, 0.2) is 0 Å². The smallest absolute Gasteiger partial charge is 0.254 e. The predicted octanol–water partition coefficient (Wildman–Crippen LogP) is 2.09. The molecule has 0 bridgehead atoms. The average molecular weight is 380 g/mol. The lowest BCUT2D eigenvalue weighted by molar-refractivity contribution is -0.137. The number of amides is 1. The van der Waals surface area contributed by atoms with E-state index in [9.17, 15) is 4.79 Å². The van der Waals surface area contributed by atoms with Crippen molar-refractivity contribution in [2.45, 2.75) is 19.9 Å². The van der Waals surface area contributed by atoms with Crippen molar-refractivity contribution >= 4 is 17.5 Å². The van der Waals surface area contributed by atoms with Gasteiger partial charge in [-0.25, -0.2) is 4.98 Å². The van der Waals surface area contributed by atoms with Gasteiger partial charge in [-0.2, -0.15) is 14.6 Å². The Balaban J connectivity index is 1.68. The van der Waals surface area contributed by atoms with Gasteiger partial charge in [-0.15, -0.1) is 0 Å². The van der Waals surface area contributed by atoms with Crippen molar-refractivity contribution in [3.05, 3.63) is 42.7 Å². The van der Waals surface area contributed by atoms with Gasteiger partial charge in [0.25, 0.3) is 5.78 Å². The third-order valence-electron chi connectivity index (χ3n) is 4.88. The summed E-state index contributed by atoms with van der Waals surface area (Å²) in [5, 5.41) is 7.68. The van der Waals surface area contributed by atoms with Crippen LogP contribution in [0.2, 0.25) is 0 Å². The van der Waals surface area contributed by atoms with Crippen molar-refractivity contribution in [3.63, 3.8) is 0 Å². The van der Waals surface area contributed by atoms with E-state index in [1.165, 1.54) is 6.33 Å². The Morgan fingerprint density at radius 3 is 2.64 bits per heavy atom. The number of carbonyl (C=O) groups excluding carboxylic acids is 1. The van der Waals surface area contributed by atoms with Crippen LogP contribution in [0, 0.1) is 5.92 Å². The van der Waals surface area contributed by atoms with Crippen molar-refractivity contribution in [3.8, 4) is 11.3 Å². The van der Waals surface area contributed by atoms with Crippen molar-refractivity contribution in [1.29, 1.82) is 0 Å². The van der Waals surface area contributed by atoms with E-state index in [-0.39, 0.29) is 17.9 Å². The summed E-state index contributed by atoms with van der Waals surface area (Å²) in [6.07, 6.45) is 1.47. The van der Waals surface area contributed by atoms with Gasteiger partial charge in [-0.3, -0.25) is 4.79 Å². The molecule has 0 unspecified atom stereocenters. The first kappa shape index (κ1) is 18.4. The molecule has 1 amide bonds. The first-order valence-electron chi connectivity index (χ1n) is 9.53. The Labute approximate surface area is 163 Å². The SMILES string of the molecule is CC(C)[C@H](Nc1cc(-c2ccccc2)nc2ncnn12)C(=O)N1CCOCC1. The minimum Gasteiger partial charge on any atom is -0.378 e. The number of nitrogens with zero attached hydrogens (tertiary/aromatic N) is 5. The monoisotopic (exact) mass is 380 g/mol. The molecule has 2 aromatic heterocycles. The molecule has 8 nitrogen and oxygen atoms in total. The van der Waals surface area contributed by atoms with Crippen LogP contribution in [-0.2, 0) is 9.53 Å². The number of aromatic nitrogens is 4. The molecule has 3 aromatic rings. The quantitative estimate of drug-likeness (QED) is 0.730. The lowest BCUT2D eigenvalue weighted by atomic mass is 10.0. The van der Waals surface area contributed by atoms with Gasteiger partial charge in [0.1, 0.15) is 18.2 Å². The van der Waals surface area contributed by atoms with Crippen LogP contribution < -0.4 is 5.32 Å². The van der Waals surface area contributed by atoms with Crippen LogP contribution in [0.5, 0.6) is 0 Å². The van der Waals surface area contributed by atoms with Crippen LogP contribution in [0.15, 0.2) is 42.7 Å². The molecule has 28 heavy (non-hydrogen) atoms. The van der Waals surface area contributed by atoms with E-state index in [1.807, 2.05) is 55.1 Å². The van der Waals surface area contributed by atoms with Gasteiger partial charge in [0.05, 0.1) is 18.9 Å². The molecule has 1 aliphatic heterocycles. The maximum Gasteiger partial charge on any atom is 0.254 e. The first-order valence-corrected chi connectivity index (χ1v) is 9.53. The zero-order valence-corrected chi connectivity index (χ0v) is 16.1. The topological polar surface area (TPSA) is 84.7 Å². The highest BCUT2D eigenvalue weighted by Gasteiger charge is 2.29. The molecule has 146 valence electrons. The highest BCUT2D eigenvalue weighted by atomic mass is 16.5. The number of hydrogen-bond donors (Lipinski definition) is 1. The molecular weight excluding hydrogens is 356 g/mol. The Kier molecular flexibility index (Phi) is 5.21. The standard InChI is InChI=1S/C20H24N6O2/c1-14(2)18(19(27)25-8-10-28-11-9-25)24-17-12-16(15-6-4-3-5-7-15)23-20-21-13-22-26(17)20/h3-7,12-14,18,24H,8-11H2,1-2H3/t18-/m0/s1. The number of nitrogens with one attached hydrogen (secondary N) is 1. The highest BCUT2D eigenvalue weighted by Crippen LogP contribution is 2.23. The zero-order valence-electron chi connectivity index (χ0n) is 16.1. The van der Waals surface area contributed by atoms with Crippen molar-refractivity contribution in [1.82, 2.24) is 24.5 Å². The van der Waals surface area contributed by atoms with E-state index in [1.54, 1.807) is 4.52 Å². The summed E-state index contributed by atoms with van der Waals surface area (Å²) in [4.78, 5) is 23.8. The van der Waals surface area contributed by atoms with E-state index in [0.29, 0.717) is 37.9 Å². The summed E-state index contributed by atoms with van der Waals surface area (Å²) >= 11 is 0. The largest absolute Gasteiger partial charge is 0.378 e. The van der Waals surface area contributed by atoms with E-state index >= 15 is 0 Å². The molecule has 1 fully saturated rings. The summed E-state index contributed by atoms with van der Waals surface area (Å²) in [5.41, 5.74) is 1.77. The molecular formula is C20H24N6O2. The number of anilines is 1. The molecule has 0 spiro atoms. The fraction of sp³-hybridized carbons (Fsp3) is 0.400.